The molecule has 158 valence electrons. The second kappa shape index (κ2) is 8.50. The van der Waals surface area contributed by atoms with Gasteiger partial charge in [-0.05, 0) is 36.4 Å². The molecule has 4 rings (SSSR count). The Morgan fingerprint density at radius 2 is 1.90 bits per heavy atom. The third kappa shape index (κ3) is 5.29. The highest BCUT2D eigenvalue weighted by molar-refractivity contribution is 7.92. The molecule has 2 heterocycles. The van der Waals surface area contributed by atoms with Crippen molar-refractivity contribution in [3.63, 3.8) is 0 Å². The third-order valence-corrected chi connectivity index (χ3v) is 5.70. The molecule has 4 aromatic rings. The highest BCUT2D eigenvalue weighted by atomic mass is 35.5. The molecule has 2 aromatic heterocycles. The van der Waals surface area contributed by atoms with Gasteiger partial charge in [-0.15, -0.1) is 11.3 Å². The van der Waals surface area contributed by atoms with E-state index in [0.717, 1.165) is 17.5 Å². The Balaban J connectivity index is 1.45. The van der Waals surface area contributed by atoms with E-state index in [0.29, 0.717) is 21.5 Å². The maximum atomic E-state index is 12.5. The van der Waals surface area contributed by atoms with E-state index in [1.165, 1.54) is 11.3 Å². The average Bonchev–Trinajstić information content (AvgIpc) is 3.37. The van der Waals surface area contributed by atoms with Crippen LogP contribution in [0.3, 0.4) is 0 Å². The van der Waals surface area contributed by atoms with E-state index in [4.69, 9.17) is 11.6 Å². The Morgan fingerprint density at radius 3 is 2.61 bits per heavy atom. The van der Waals surface area contributed by atoms with Crippen molar-refractivity contribution in [3.8, 4) is 16.9 Å². The lowest BCUT2D eigenvalue weighted by atomic mass is 10.1. The van der Waals surface area contributed by atoms with Gasteiger partial charge >= 0.3 is 0 Å². The van der Waals surface area contributed by atoms with Gasteiger partial charge in [0, 0.05) is 27.9 Å². The molecule has 11 heteroatoms. The number of sulfonamides is 1. The molecule has 0 unspecified atom stereocenters. The molecule has 31 heavy (non-hydrogen) atoms. The number of anilines is 2. The van der Waals surface area contributed by atoms with Crippen molar-refractivity contribution in [2.75, 3.05) is 16.3 Å². The van der Waals surface area contributed by atoms with Crippen molar-refractivity contribution < 1.29 is 13.2 Å². The van der Waals surface area contributed by atoms with Crippen LogP contribution in [0.2, 0.25) is 5.02 Å². The fraction of sp³-hybridized carbons (Fsp3) is 0.0500. The molecule has 0 aliphatic rings. The first-order valence-corrected chi connectivity index (χ1v) is 12.1. The number of nitrogens with zero attached hydrogens (tertiary/aromatic N) is 3. The second-order valence-corrected chi connectivity index (χ2v) is 9.61. The molecule has 0 aliphatic carbocycles. The highest BCUT2D eigenvalue weighted by Crippen LogP contribution is 2.26. The predicted molar refractivity (Wildman–Crippen MR) is 123 cm³/mol. The summed E-state index contributed by atoms with van der Waals surface area (Å²) >= 11 is 7.28. The molecule has 2 N–H and O–H groups in total. The summed E-state index contributed by atoms with van der Waals surface area (Å²) in [5.74, 6) is -0.380. The maximum Gasteiger partial charge on any atom is 0.277 e. The van der Waals surface area contributed by atoms with Crippen LogP contribution in [0.5, 0.6) is 0 Å². The van der Waals surface area contributed by atoms with Gasteiger partial charge in [-0.1, -0.05) is 29.8 Å². The summed E-state index contributed by atoms with van der Waals surface area (Å²) in [6, 6.07) is 15.6. The molecule has 0 atom stereocenters. The lowest BCUT2D eigenvalue weighted by molar-refractivity contribution is 0.102. The van der Waals surface area contributed by atoms with E-state index in [1.807, 2.05) is 6.07 Å². The van der Waals surface area contributed by atoms with E-state index in [1.54, 1.807) is 64.8 Å². The Kier molecular flexibility index (Phi) is 5.77. The van der Waals surface area contributed by atoms with Crippen LogP contribution in [0, 0.1) is 0 Å². The molecule has 2 aromatic carbocycles. The Morgan fingerprint density at radius 1 is 1.13 bits per heavy atom. The summed E-state index contributed by atoms with van der Waals surface area (Å²) in [6.45, 7) is 0. The number of hydrogen-bond acceptors (Lipinski definition) is 6. The van der Waals surface area contributed by atoms with Crippen molar-refractivity contribution in [2.24, 2.45) is 0 Å². The summed E-state index contributed by atoms with van der Waals surface area (Å²) in [5.41, 5.74) is 2.91. The van der Waals surface area contributed by atoms with Gasteiger partial charge in [-0.2, -0.15) is 5.10 Å². The first-order valence-electron chi connectivity index (χ1n) is 8.93. The highest BCUT2D eigenvalue weighted by Gasteiger charge is 2.13. The van der Waals surface area contributed by atoms with E-state index < -0.39 is 10.0 Å². The van der Waals surface area contributed by atoms with Crippen LogP contribution in [-0.2, 0) is 10.0 Å². The zero-order valence-corrected chi connectivity index (χ0v) is 18.5. The number of nitrogens with one attached hydrogen (secondary N) is 2. The molecule has 0 fully saturated rings. The summed E-state index contributed by atoms with van der Waals surface area (Å²) in [5, 5.41) is 9.84. The molecule has 8 nitrogen and oxygen atoms in total. The van der Waals surface area contributed by atoms with Crippen molar-refractivity contribution in [1.29, 1.82) is 0 Å². The first kappa shape index (κ1) is 21.0. The average molecular weight is 474 g/mol. The van der Waals surface area contributed by atoms with Crippen LogP contribution >= 0.6 is 22.9 Å². The first-order chi connectivity index (χ1) is 14.8. The van der Waals surface area contributed by atoms with E-state index in [2.05, 4.69) is 20.1 Å². The Hall–Kier alpha value is -3.21. The van der Waals surface area contributed by atoms with Crippen LogP contribution in [0.15, 0.2) is 66.2 Å². The number of thiazole rings is 1. The van der Waals surface area contributed by atoms with Gasteiger partial charge in [0.05, 0.1) is 17.6 Å². The summed E-state index contributed by atoms with van der Waals surface area (Å²) in [4.78, 5) is 17.0. The molecule has 1 amide bonds. The maximum absolute atomic E-state index is 12.5. The lowest BCUT2D eigenvalue weighted by Gasteiger charge is -2.04. The standard InChI is InChI=1S/C20H16ClN5O3S2/c1-31(28,29)25-15-7-5-13(6-8-15)18-12-30-20(22-18)23-19(27)17-9-10-26(24-17)16-4-2-3-14(21)11-16/h2-12,25H,1H3,(H,22,23,27). The summed E-state index contributed by atoms with van der Waals surface area (Å²) in [6.07, 6.45) is 2.77. The van der Waals surface area contributed by atoms with Crippen molar-refractivity contribution in [2.45, 2.75) is 0 Å². The van der Waals surface area contributed by atoms with Gasteiger partial charge < -0.3 is 0 Å². The minimum atomic E-state index is -3.33. The molecule has 0 aliphatic heterocycles. The smallest absolute Gasteiger partial charge is 0.277 e. The van der Waals surface area contributed by atoms with Crippen LogP contribution < -0.4 is 10.0 Å². The number of carbonyl (C=O) groups is 1. The molecule has 0 saturated heterocycles. The van der Waals surface area contributed by atoms with Gasteiger partial charge in [0.15, 0.2) is 10.8 Å². The predicted octanol–water partition coefficient (Wildman–Crippen LogP) is 4.27. The molecule has 0 spiro atoms. The Bertz CT molecular complexity index is 1350. The molecular formula is C20H16ClN5O3S2. The minimum absolute atomic E-state index is 0.243. The van der Waals surface area contributed by atoms with Crippen LogP contribution in [-0.4, -0.2) is 35.3 Å². The summed E-state index contributed by atoms with van der Waals surface area (Å²) in [7, 11) is -3.33. The zero-order chi connectivity index (χ0) is 22.0. The second-order valence-electron chi connectivity index (χ2n) is 6.57. The number of hydrogen-bond donors (Lipinski definition) is 2. The third-order valence-electron chi connectivity index (χ3n) is 4.10. The number of benzene rings is 2. The van der Waals surface area contributed by atoms with Crippen molar-refractivity contribution in [1.82, 2.24) is 14.8 Å². The fourth-order valence-electron chi connectivity index (χ4n) is 2.76. The van der Waals surface area contributed by atoms with E-state index in [9.17, 15) is 13.2 Å². The van der Waals surface area contributed by atoms with Crippen molar-refractivity contribution in [3.05, 3.63) is 76.9 Å². The SMILES string of the molecule is CS(=O)(=O)Nc1ccc(-c2csc(NC(=O)c3ccn(-c4cccc(Cl)c4)n3)n2)cc1. The van der Waals surface area contributed by atoms with Crippen LogP contribution in [0.25, 0.3) is 16.9 Å². The number of halogens is 1. The van der Waals surface area contributed by atoms with Gasteiger partial charge in [0.2, 0.25) is 10.0 Å². The van der Waals surface area contributed by atoms with E-state index >= 15 is 0 Å². The lowest BCUT2D eigenvalue weighted by Crippen LogP contribution is -2.13. The minimum Gasteiger partial charge on any atom is -0.296 e. The molecular weight excluding hydrogens is 458 g/mol. The number of carbonyl (C=O) groups excluding carboxylic acids is 1. The normalized spacial score (nSPS) is 11.3. The Labute approximate surface area is 187 Å². The quantitative estimate of drug-likeness (QED) is 0.435. The number of rotatable bonds is 6. The van der Waals surface area contributed by atoms with Gasteiger partial charge in [0.25, 0.3) is 5.91 Å². The van der Waals surface area contributed by atoms with E-state index in [-0.39, 0.29) is 11.6 Å². The molecule has 0 bridgehead atoms. The monoisotopic (exact) mass is 473 g/mol. The van der Waals surface area contributed by atoms with Crippen molar-refractivity contribution >= 4 is 49.7 Å². The fourth-order valence-corrected chi connectivity index (χ4v) is 4.22. The zero-order valence-electron chi connectivity index (χ0n) is 16.1. The topological polar surface area (TPSA) is 106 Å². The van der Waals surface area contributed by atoms with Gasteiger partial charge in [-0.25, -0.2) is 18.1 Å². The molecule has 0 saturated carbocycles. The molecule has 0 radical (unpaired) electrons. The van der Waals surface area contributed by atoms with Crippen LogP contribution in [0.4, 0.5) is 10.8 Å². The number of aromatic nitrogens is 3. The summed E-state index contributed by atoms with van der Waals surface area (Å²) < 4.78 is 26.6. The van der Waals surface area contributed by atoms with Gasteiger partial charge in [0.1, 0.15) is 0 Å². The van der Waals surface area contributed by atoms with Gasteiger partial charge in [-0.3, -0.25) is 14.8 Å². The van der Waals surface area contributed by atoms with Crippen LogP contribution in [0.1, 0.15) is 10.5 Å². The largest absolute Gasteiger partial charge is 0.296 e. The number of amides is 1.